The lowest BCUT2D eigenvalue weighted by Gasteiger charge is -2.44. The van der Waals surface area contributed by atoms with Gasteiger partial charge in [0.1, 0.15) is 0 Å². The molecule has 1 N–H and O–H groups in total. The maximum Gasteiger partial charge on any atom is 0.264 e. The number of hydrogen-bond donors (Lipinski definition) is 1. The smallest absolute Gasteiger partial charge is 0.264 e. The van der Waals surface area contributed by atoms with Gasteiger partial charge in [-0.25, -0.2) is 13.1 Å². The maximum atomic E-state index is 13.5. The molecule has 0 spiro atoms. The first-order valence-electron chi connectivity index (χ1n) is 11.7. The van der Waals surface area contributed by atoms with Gasteiger partial charge >= 0.3 is 0 Å². The van der Waals surface area contributed by atoms with Crippen molar-refractivity contribution in [2.75, 3.05) is 20.1 Å². The summed E-state index contributed by atoms with van der Waals surface area (Å²) < 4.78 is 27.9. The minimum atomic E-state index is -4.01. The molecule has 2 aromatic rings. The summed E-state index contributed by atoms with van der Waals surface area (Å²) in [6.07, 6.45) is 3.63. The number of nitrogens with zero attached hydrogens (tertiary/aromatic N) is 2. The molecule has 1 saturated heterocycles. The summed E-state index contributed by atoms with van der Waals surface area (Å²) >= 11 is 12.2. The summed E-state index contributed by atoms with van der Waals surface area (Å²) in [5, 5.41) is 0.824. The van der Waals surface area contributed by atoms with E-state index in [4.69, 9.17) is 23.2 Å². The van der Waals surface area contributed by atoms with Crippen molar-refractivity contribution in [1.82, 2.24) is 14.5 Å². The van der Waals surface area contributed by atoms with E-state index in [-0.39, 0.29) is 29.3 Å². The third-order valence-corrected chi connectivity index (χ3v) is 9.13. The van der Waals surface area contributed by atoms with Crippen molar-refractivity contribution < 1.29 is 18.0 Å². The molecule has 0 bridgehead atoms. The standard InChI is InChI=1S/C25H29Cl2N3O4S/c1-16(31)28-35(33,34)23-7-5-6-19-18(23)9-11-22(30-12-3-4-13-30)25(19)29(2)24(32)15-17-8-10-20(26)21(27)14-17/h5-8,10,14,22,25H,3-4,9,11-13,15H2,1-2H3,(H,28,31). The van der Waals surface area contributed by atoms with Crippen LogP contribution in [0, 0.1) is 0 Å². The minimum Gasteiger partial charge on any atom is -0.337 e. The fourth-order valence-electron chi connectivity index (χ4n) is 5.31. The van der Waals surface area contributed by atoms with Crippen LogP contribution >= 0.6 is 23.2 Å². The van der Waals surface area contributed by atoms with E-state index < -0.39 is 15.9 Å². The Bertz CT molecular complexity index is 1250. The molecule has 1 aliphatic carbocycles. The maximum absolute atomic E-state index is 13.5. The lowest BCUT2D eigenvalue weighted by Crippen LogP contribution is -2.49. The van der Waals surface area contributed by atoms with Crippen LogP contribution in [-0.2, 0) is 32.5 Å². The van der Waals surface area contributed by atoms with E-state index in [0.29, 0.717) is 28.5 Å². The second-order valence-corrected chi connectivity index (χ2v) is 11.7. The molecule has 2 aliphatic rings. The molecule has 0 aromatic heterocycles. The lowest BCUT2D eigenvalue weighted by atomic mass is 9.82. The van der Waals surface area contributed by atoms with Gasteiger partial charge in [0.15, 0.2) is 0 Å². The molecule has 10 heteroatoms. The molecule has 2 amide bonds. The number of rotatable bonds is 6. The fourth-order valence-corrected chi connectivity index (χ4v) is 6.92. The average molecular weight is 538 g/mol. The molecule has 2 atom stereocenters. The normalized spacial score (nSPS) is 20.3. The predicted octanol–water partition coefficient (Wildman–Crippen LogP) is 3.97. The number of halogens is 2. The first-order chi connectivity index (χ1) is 16.6. The topological polar surface area (TPSA) is 86.8 Å². The Labute approximate surface area is 216 Å². The molecule has 1 fully saturated rings. The van der Waals surface area contributed by atoms with Crippen LogP contribution in [0.4, 0.5) is 0 Å². The zero-order chi connectivity index (χ0) is 25.3. The van der Waals surface area contributed by atoms with Gasteiger partial charge in [-0.15, -0.1) is 0 Å². The van der Waals surface area contributed by atoms with Crippen LogP contribution in [0.25, 0.3) is 0 Å². The molecular weight excluding hydrogens is 509 g/mol. The molecular formula is C25H29Cl2N3O4S. The van der Waals surface area contributed by atoms with Gasteiger partial charge in [-0.05, 0) is 73.7 Å². The number of likely N-dealkylation sites (N-methyl/N-ethyl adjacent to an activating group) is 1. The number of hydrogen-bond acceptors (Lipinski definition) is 5. The molecule has 188 valence electrons. The lowest BCUT2D eigenvalue weighted by molar-refractivity contribution is -0.133. The first kappa shape index (κ1) is 25.9. The summed E-state index contributed by atoms with van der Waals surface area (Å²) in [6, 6.07) is 10.0. The Kier molecular flexibility index (Phi) is 7.76. The Morgan fingerprint density at radius 1 is 1.11 bits per heavy atom. The fraction of sp³-hybridized carbons (Fsp3) is 0.440. The molecule has 1 heterocycles. The summed E-state index contributed by atoms with van der Waals surface area (Å²) in [5.41, 5.74) is 2.23. The van der Waals surface area contributed by atoms with Crippen molar-refractivity contribution in [1.29, 1.82) is 0 Å². The number of amides is 2. The summed E-state index contributed by atoms with van der Waals surface area (Å²) in [5.74, 6) is -0.737. The molecule has 0 saturated carbocycles. The van der Waals surface area contributed by atoms with Gasteiger partial charge in [0, 0.05) is 20.0 Å². The monoisotopic (exact) mass is 537 g/mol. The van der Waals surface area contributed by atoms with Crippen molar-refractivity contribution in [2.45, 2.75) is 56.0 Å². The molecule has 1 aliphatic heterocycles. The van der Waals surface area contributed by atoms with Gasteiger partial charge in [-0.2, -0.15) is 0 Å². The number of carbonyl (C=O) groups excluding carboxylic acids is 2. The van der Waals surface area contributed by atoms with E-state index in [1.165, 1.54) is 13.0 Å². The summed E-state index contributed by atoms with van der Waals surface area (Å²) in [4.78, 5) is 29.2. The van der Waals surface area contributed by atoms with Crippen molar-refractivity contribution in [2.24, 2.45) is 0 Å². The first-order valence-corrected chi connectivity index (χ1v) is 13.9. The van der Waals surface area contributed by atoms with Gasteiger partial charge in [0.2, 0.25) is 11.8 Å². The average Bonchev–Trinajstić information content (AvgIpc) is 3.33. The quantitative estimate of drug-likeness (QED) is 0.602. The van der Waals surface area contributed by atoms with Gasteiger partial charge < -0.3 is 4.90 Å². The highest BCUT2D eigenvalue weighted by Gasteiger charge is 2.40. The Balaban J connectivity index is 1.72. The van der Waals surface area contributed by atoms with Crippen molar-refractivity contribution >= 4 is 45.0 Å². The number of sulfonamides is 1. The van der Waals surface area contributed by atoms with E-state index in [9.17, 15) is 18.0 Å². The van der Waals surface area contributed by atoms with Gasteiger partial charge in [0.05, 0.1) is 27.4 Å². The van der Waals surface area contributed by atoms with Crippen LogP contribution in [0.15, 0.2) is 41.3 Å². The highest BCUT2D eigenvalue weighted by molar-refractivity contribution is 7.90. The molecule has 2 aromatic carbocycles. The van der Waals surface area contributed by atoms with Crippen LogP contribution in [-0.4, -0.2) is 56.2 Å². The van der Waals surface area contributed by atoms with Crippen LogP contribution in [0.3, 0.4) is 0 Å². The third-order valence-electron chi connectivity index (χ3n) is 6.87. The number of likely N-dealkylation sites (tertiary alicyclic amines) is 1. The molecule has 0 radical (unpaired) electrons. The van der Waals surface area contributed by atoms with E-state index >= 15 is 0 Å². The van der Waals surface area contributed by atoms with Crippen LogP contribution in [0.2, 0.25) is 10.0 Å². The Morgan fingerprint density at radius 3 is 2.49 bits per heavy atom. The number of fused-ring (bicyclic) bond motifs is 1. The van der Waals surface area contributed by atoms with Crippen molar-refractivity contribution in [3.8, 4) is 0 Å². The zero-order valence-corrected chi connectivity index (χ0v) is 22.1. The van der Waals surface area contributed by atoms with E-state index in [0.717, 1.165) is 37.1 Å². The summed E-state index contributed by atoms with van der Waals surface area (Å²) in [6.45, 7) is 3.08. The molecule has 35 heavy (non-hydrogen) atoms. The Hall–Kier alpha value is -2.13. The van der Waals surface area contributed by atoms with Gasteiger partial charge in [0.25, 0.3) is 10.0 Å². The molecule has 4 rings (SSSR count). The predicted molar refractivity (Wildman–Crippen MR) is 136 cm³/mol. The van der Waals surface area contributed by atoms with Crippen molar-refractivity contribution in [3.05, 3.63) is 63.1 Å². The van der Waals surface area contributed by atoms with E-state index in [2.05, 4.69) is 9.62 Å². The second-order valence-electron chi connectivity index (χ2n) is 9.21. The van der Waals surface area contributed by atoms with Crippen LogP contribution in [0.1, 0.15) is 48.9 Å². The van der Waals surface area contributed by atoms with E-state index in [1.807, 2.05) is 6.07 Å². The largest absolute Gasteiger partial charge is 0.337 e. The molecule has 7 nitrogen and oxygen atoms in total. The molecule has 2 unspecified atom stereocenters. The number of carbonyl (C=O) groups is 2. The highest BCUT2D eigenvalue weighted by Crippen LogP contribution is 2.40. The minimum absolute atomic E-state index is 0.0754. The number of nitrogens with one attached hydrogen (secondary N) is 1. The number of benzene rings is 2. The SMILES string of the molecule is CC(=O)NS(=O)(=O)c1cccc2c1CCC(N1CCCC1)C2N(C)C(=O)Cc1ccc(Cl)c(Cl)c1. The summed E-state index contributed by atoms with van der Waals surface area (Å²) in [7, 11) is -2.23. The van der Waals surface area contributed by atoms with Crippen molar-refractivity contribution in [3.63, 3.8) is 0 Å². The van der Waals surface area contributed by atoms with Gasteiger partial charge in [-0.3, -0.25) is 14.5 Å². The second kappa shape index (κ2) is 10.5. The zero-order valence-electron chi connectivity index (χ0n) is 19.8. The Morgan fingerprint density at radius 2 is 1.83 bits per heavy atom. The van der Waals surface area contributed by atoms with Gasteiger partial charge in [-0.1, -0.05) is 41.4 Å². The third kappa shape index (κ3) is 5.50. The van der Waals surface area contributed by atoms with Crippen LogP contribution < -0.4 is 4.72 Å². The van der Waals surface area contributed by atoms with Crippen LogP contribution in [0.5, 0.6) is 0 Å². The highest BCUT2D eigenvalue weighted by atomic mass is 35.5. The van der Waals surface area contributed by atoms with E-state index in [1.54, 1.807) is 36.2 Å².